The maximum atomic E-state index is 11.4. The Morgan fingerprint density at radius 3 is 2.55 bits per heavy atom. The Morgan fingerprint density at radius 1 is 1.30 bits per heavy atom. The standard InChI is InChI=1S/C17H20O3/c1-16(2)9-17(5-6-17)20-14-12(10-3-4-10)7-11(15(18)19)8-13(14)16/h7-8,10H,3-6,9H2,1-2H3,(H,18,19). The van der Waals surface area contributed by atoms with Gasteiger partial charge in [0.2, 0.25) is 0 Å². The molecule has 0 radical (unpaired) electrons. The van der Waals surface area contributed by atoms with Gasteiger partial charge in [-0.1, -0.05) is 13.8 Å². The highest BCUT2D eigenvalue weighted by atomic mass is 16.5. The average Bonchev–Trinajstić information content (AvgIpc) is 3.24. The van der Waals surface area contributed by atoms with Crippen LogP contribution in [0.5, 0.6) is 5.75 Å². The van der Waals surface area contributed by atoms with Crippen LogP contribution >= 0.6 is 0 Å². The van der Waals surface area contributed by atoms with Crippen LogP contribution in [0.3, 0.4) is 0 Å². The molecule has 4 rings (SSSR count). The Labute approximate surface area is 118 Å². The maximum absolute atomic E-state index is 11.4. The van der Waals surface area contributed by atoms with Crippen LogP contribution in [0.15, 0.2) is 12.1 Å². The van der Waals surface area contributed by atoms with Crippen LogP contribution < -0.4 is 4.74 Å². The van der Waals surface area contributed by atoms with Crippen LogP contribution in [0, 0.1) is 0 Å². The number of rotatable bonds is 2. The molecule has 2 saturated carbocycles. The summed E-state index contributed by atoms with van der Waals surface area (Å²) in [5, 5.41) is 9.36. The molecule has 3 nitrogen and oxygen atoms in total. The predicted octanol–water partition coefficient (Wildman–Crippen LogP) is 3.85. The molecule has 3 aliphatic rings. The molecule has 0 bridgehead atoms. The summed E-state index contributed by atoms with van der Waals surface area (Å²) in [4.78, 5) is 11.4. The predicted molar refractivity (Wildman–Crippen MR) is 75.6 cm³/mol. The molecule has 0 aromatic heterocycles. The topological polar surface area (TPSA) is 46.5 Å². The number of hydrogen-bond acceptors (Lipinski definition) is 2. The van der Waals surface area contributed by atoms with Crippen LogP contribution in [-0.4, -0.2) is 16.7 Å². The van der Waals surface area contributed by atoms with Gasteiger partial charge in [-0.05, 0) is 61.1 Å². The minimum absolute atomic E-state index is 0.000810. The van der Waals surface area contributed by atoms with Crippen LogP contribution in [0.4, 0.5) is 0 Å². The minimum atomic E-state index is -0.836. The van der Waals surface area contributed by atoms with Crippen LogP contribution in [0.25, 0.3) is 0 Å². The zero-order valence-electron chi connectivity index (χ0n) is 12.0. The molecule has 20 heavy (non-hydrogen) atoms. The van der Waals surface area contributed by atoms with Crippen molar-refractivity contribution in [3.63, 3.8) is 0 Å². The number of hydrogen-bond donors (Lipinski definition) is 1. The Bertz CT molecular complexity index is 607. The van der Waals surface area contributed by atoms with Crippen molar-refractivity contribution >= 4 is 5.97 Å². The third kappa shape index (κ3) is 1.75. The molecule has 1 spiro atoms. The molecule has 1 aromatic carbocycles. The summed E-state index contributed by atoms with van der Waals surface area (Å²) in [5.41, 5.74) is 2.69. The fourth-order valence-corrected chi connectivity index (χ4v) is 3.66. The van der Waals surface area contributed by atoms with Crippen molar-refractivity contribution in [2.75, 3.05) is 0 Å². The Kier molecular flexibility index (Phi) is 2.19. The number of ether oxygens (including phenoxy) is 1. The quantitative estimate of drug-likeness (QED) is 0.889. The van der Waals surface area contributed by atoms with E-state index in [4.69, 9.17) is 4.74 Å². The van der Waals surface area contributed by atoms with E-state index in [1.807, 2.05) is 12.1 Å². The van der Waals surface area contributed by atoms with Crippen molar-refractivity contribution in [1.82, 2.24) is 0 Å². The van der Waals surface area contributed by atoms with E-state index in [0.29, 0.717) is 11.5 Å². The van der Waals surface area contributed by atoms with Gasteiger partial charge >= 0.3 is 5.97 Å². The molecule has 2 fully saturated rings. The first-order valence-corrected chi connectivity index (χ1v) is 7.51. The number of carbonyl (C=O) groups is 1. The van der Waals surface area contributed by atoms with Crippen LogP contribution in [0.1, 0.15) is 73.4 Å². The normalized spacial score (nSPS) is 24.9. The summed E-state index contributed by atoms with van der Waals surface area (Å²) in [5.74, 6) is 0.677. The number of aromatic carboxylic acids is 1. The number of carboxylic acid groups (broad SMARTS) is 1. The molecule has 0 saturated heterocycles. The van der Waals surface area contributed by atoms with E-state index in [-0.39, 0.29) is 11.0 Å². The van der Waals surface area contributed by atoms with Crippen LogP contribution in [-0.2, 0) is 5.41 Å². The van der Waals surface area contributed by atoms with Gasteiger partial charge < -0.3 is 9.84 Å². The molecule has 2 aliphatic carbocycles. The third-order valence-corrected chi connectivity index (χ3v) is 5.00. The summed E-state index contributed by atoms with van der Waals surface area (Å²) >= 11 is 0. The second-order valence-corrected chi connectivity index (χ2v) is 7.37. The van der Waals surface area contributed by atoms with E-state index in [0.717, 1.165) is 49.0 Å². The van der Waals surface area contributed by atoms with E-state index in [9.17, 15) is 9.90 Å². The summed E-state index contributed by atoms with van der Waals surface area (Å²) < 4.78 is 6.34. The van der Waals surface area contributed by atoms with E-state index >= 15 is 0 Å². The lowest BCUT2D eigenvalue weighted by Crippen LogP contribution is -2.36. The van der Waals surface area contributed by atoms with E-state index in [1.165, 1.54) is 0 Å². The molecule has 0 atom stereocenters. The second kappa shape index (κ2) is 3.57. The fourth-order valence-electron chi connectivity index (χ4n) is 3.66. The molecular formula is C17H20O3. The van der Waals surface area contributed by atoms with Gasteiger partial charge in [-0.3, -0.25) is 0 Å². The van der Waals surface area contributed by atoms with Gasteiger partial charge in [-0.15, -0.1) is 0 Å². The van der Waals surface area contributed by atoms with E-state index in [1.54, 1.807) is 0 Å². The first-order chi connectivity index (χ1) is 9.40. The number of benzene rings is 1. The molecule has 0 unspecified atom stereocenters. The van der Waals surface area contributed by atoms with Crippen molar-refractivity contribution < 1.29 is 14.6 Å². The van der Waals surface area contributed by atoms with Crippen LogP contribution in [0.2, 0.25) is 0 Å². The van der Waals surface area contributed by atoms with E-state index < -0.39 is 5.97 Å². The van der Waals surface area contributed by atoms with Gasteiger partial charge in [0.25, 0.3) is 0 Å². The van der Waals surface area contributed by atoms with Crippen molar-refractivity contribution in [2.45, 2.75) is 62.9 Å². The first kappa shape index (κ1) is 12.2. The SMILES string of the molecule is CC1(C)CC2(CC2)Oc2c(C3CC3)cc(C(=O)O)cc21. The summed E-state index contributed by atoms with van der Waals surface area (Å²) in [6.07, 6.45) is 5.60. The maximum Gasteiger partial charge on any atom is 0.335 e. The number of fused-ring (bicyclic) bond motifs is 1. The molecule has 0 amide bonds. The molecule has 3 heteroatoms. The van der Waals surface area contributed by atoms with Gasteiger partial charge in [0.15, 0.2) is 0 Å². The summed E-state index contributed by atoms with van der Waals surface area (Å²) in [7, 11) is 0. The van der Waals surface area contributed by atoms with Crippen molar-refractivity contribution in [3.8, 4) is 5.75 Å². The van der Waals surface area contributed by atoms with Gasteiger partial charge in [0.05, 0.1) is 5.56 Å². The van der Waals surface area contributed by atoms with Crippen molar-refractivity contribution in [2.24, 2.45) is 0 Å². The first-order valence-electron chi connectivity index (χ1n) is 7.51. The largest absolute Gasteiger partial charge is 0.487 e. The Balaban J connectivity index is 1.92. The highest BCUT2D eigenvalue weighted by Gasteiger charge is 2.54. The average molecular weight is 272 g/mol. The lowest BCUT2D eigenvalue weighted by Gasteiger charge is -2.39. The molecule has 1 heterocycles. The molecular weight excluding hydrogens is 252 g/mol. The molecule has 106 valence electrons. The molecule has 1 aromatic rings. The van der Waals surface area contributed by atoms with Crippen molar-refractivity contribution in [1.29, 1.82) is 0 Å². The van der Waals surface area contributed by atoms with Gasteiger partial charge in [0.1, 0.15) is 11.4 Å². The third-order valence-electron chi connectivity index (χ3n) is 5.00. The second-order valence-electron chi connectivity index (χ2n) is 7.37. The monoisotopic (exact) mass is 272 g/mol. The Hall–Kier alpha value is -1.51. The highest BCUT2D eigenvalue weighted by Crippen LogP contribution is 2.58. The van der Waals surface area contributed by atoms with Crippen molar-refractivity contribution in [3.05, 3.63) is 28.8 Å². The zero-order chi connectivity index (χ0) is 14.1. The van der Waals surface area contributed by atoms with Gasteiger partial charge in [-0.25, -0.2) is 4.79 Å². The molecule has 1 N–H and O–H groups in total. The smallest absolute Gasteiger partial charge is 0.335 e. The molecule has 1 aliphatic heterocycles. The zero-order valence-corrected chi connectivity index (χ0v) is 12.0. The Morgan fingerprint density at radius 2 is 2.00 bits per heavy atom. The van der Waals surface area contributed by atoms with Gasteiger partial charge in [-0.2, -0.15) is 0 Å². The fraction of sp³-hybridized carbons (Fsp3) is 0.588. The minimum Gasteiger partial charge on any atom is -0.487 e. The summed E-state index contributed by atoms with van der Waals surface area (Å²) in [6, 6.07) is 3.68. The number of carboxylic acids is 1. The lowest BCUT2D eigenvalue weighted by atomic mass is 9.75. The lowest BCUT2D eigenvalue weighted by molar-refractivity contribution is 0.0695. The highest BCUT2D eigenvalue weighted by molar-refractivity contribution is 5.89. The van der Waals surface area contributed by atoms with Gasteiger partial charge in [0, 0.05) is 5.56 Å². The van der Waals surface area contributed by atoms with E-state index in [2.05, 4.69) is 13.8 Å². The summed E-state index contributed by atoms with van der Waals surface area (Å²) in [6.45, 7) is 4.44.